The van der Waals surface area contributed by atoms with Gasteiger partial charge in [-0.25, -0.2) is 15.0 Å². The Morgan fingerprint density at radius 2 is 1.86 bits per heavy atom. The first-order valence-corrected chi connectivity index (χ1v) is 9.74. The average molecular weight is 372 g/mol. The van der Waals surface area contributed by atoms with Crippen LogP contribution in [0.2, 0.25) is 0 Å². The third-order valence-corrected chi connectivity index (χ3v) is 4.62. The van der Waals surface area contributed by atoms with E-state index in [0.29, 0.717) is 5.95 Å². The maximum absolute atomic E-state index is 4.84. The molecule has 0 atom stereocenters. The molecular weight excluding hydrogens is 348 g/mol. The molecular formula is C22H24N6. The largest absolute Gasteiger partial charge is 0.354 e. The summed E-state index contributed by atoms with van der Waals surface area (Å²) in [5.41, 5.74) is 5.24. The van der Waals surface area contributed by atoms with Gasteiger partial charge in [0.2, 0.25) is 5.95 Å². The summed E-state index contributed by atoms with van der Waals surface area (Å²) >= 11 is 0. The minimum Gasteiger partial charge on any atom is -0.354 e. The lowest BCUT2D eigenvalue weighted by Gasteiger charge is -2.08. The van der Waals surface area contributed by atoms with Crippen LogP contribution in [0.5, 0.6) is 0 Å². The van der Waals surface area contributed by atoms with E-state index in [1.807, 2.05) is 55.6 Å². The number of unbranched alkanes of at least 4 members (excludes halogenated alkanes) is 2. The fourth-order valence-electron chi connectivity index (χ4n) is 3.25. The van der Waals surface area contributed by atoms with Crippen molar-refractivity contribution in [1.29, 1.82) is 0 Å². The Labute approximate surface area is 164 Å². The number of nitrogens with zero attached hydrogens (tertiary/aromatic N) is 5. The van der Waals surface area contributed by atoms with Crippen LogP contribution in [0.4, 0.5) is 5.95 Å². The molecule has 0 saturated heterocycles. The van der Waals surface area contributed by atoms with Crippen molar-refractivity contribution in [3.8, 4) is 22.8 Å². The highest BCUT2D eigenvalue weighted by molar-refractivity contribution is 5.79. The van der Waals surface area contributed by atoms with Crippen molar-refractivity contribution in [2.45, 2.75) is 33.1 Å². The van der Waals surface area contributed by atoms with Crippen molar-refractivity contribution in [2.75, 3.05) is 11.9 Å². The average Bonchev–Trinajstić information content (AvgIpc) is 3.11. The number of fused-ring (bicyclic) bond motifs is 1. The molecule has 0 spiro atoms. The SMILES string of the molecule is CCCCCNc1nccc(-c2c(-c3cccc(C)n3)nc3ccccn23)n1. The van der Waals surface area contributed by atoms with Gasteiger partial charge in [-0.15, -0.1) is 0 Å². The van der Waals surface area contributed by atoms with E-state index >= 15 is 0 Å². The van der Waals surface area contributed by atoms with E-state index in [2.05, 4.69) is 26.6 Å². The topological polar surface area (TPSA) is 68.0 Å². The minimum atomic E-state index is 0.641. The highest BCUT2D eigenvalue weighted by Crippen LogP contribution is 2.31. The fraction of sp³-hybridized carbons (Fsp3) is 0.273. The molecule has 4 aromatic heterocycles. The highest BCUT2D eigenvalue weighted by atomic mass is 15.1. The van der Waals surface area contributed by atoms with Crippen LogP contribution in [0.3, 0.4) is 0 Å². The molecule has 1 N–H and O–H groups in total. The smallest absolute Gasteiger partial charge is 0.223 e. The molecule has 0 aliphatic heterocycles. The van der Waals surface area contributed by atoms with E-state index in [-0.39, 0.29) is 0 Å². The Morgan fingerprint density at radius 1 is 0.929 bits per heavy atom. The second-order valence-electron chi connectivity index (χ2n) is 6.80. The quantitative estimate of drug-likeness (QED) is 0.474. The van der Waals surface area contributed by atoms with Gasteiger partial charge in [0.1, 0.15) is 17.0 Å². The van der Waals surface area contributed by atoms with Crippen LogP contribution < -0.4 is 5.32 Å². The van der Waals surface area contributed by atoms with Gasteiger partial charge in [-0.3, -0.25) is 9.38 Å². The van der Waals surface area contributed by atoms with Gasteiger partial charge < -0.3 is 5.32 Å². The van der Waals surface area contributed by atoms with Crippen LogP contribution in [0.15, 0.2) is 54.9 Å². The Bertz CT molecular complexity index is 1090. The Balaban J connectivity index is 1.79. The van der Waals surface area contributed by atoms with Gasteiger partial charge in [-0.2, -0.15) is 0 Å². The van der Waals surface area contributed by atoms with Crippen molar-refractivity contribution in [3.63, 3.8) is 0 Å². The van der Waals surface area contributed by atoms with Crippen LogP contribution in [0.25, 0.3) is 28.4 Å². The van der Waals surface area contributed by atoms with Crippen LogP contribution in [-0.2, 0) is 0 Å². The third kappa shape index (κ3) is 3.71. The van der Waals surface area contributed by atoms with Gasteiger partial charge in [0.05, 0.1) is 11.4 Å². The summed E-state index contributed by atoms with van der Waals surface area (Å²) in [7, 11) is 0. The molecule has 6 nitrogen and oxygen atoms in total. The summed E-state index contributed by atoms with van der Waals surface area (Å²) in [6, 6.07) is 13.9. The van der Waals surface area contributed by atoms with Crippen LogP contribution in [0.1, 0.15) is 31.9 Å². The van der Waals surface area contributed by atoms with Gasteiger partial charge in [0.25, 0.3) is 0 Å². The number of nitrogens with one attached hydrogen (secondary N) is 1. The maximum Gasteiger partial charge on any atom is 0.223 e. The molecule has 4 rings (SSSR count). The molecule has 0 aliphatic rings. The number of aryl methyl sites for hydroxylation is 1. The summed E-state index contributed by atoms with van der Waals surface area (Å²) in [5.74, 6) is 0.641. The zero-order valence-corrected chi connectivity index (χ0v) is 16.3. The van der Waals surface area contributed by atoms with Crippen molar-refractivity contribution in [2.24, 2.45) is 0 Å². The Hall–Kier alpha value is -3.28. The molecule has 4 heterocycles. The van der Waals surface area contributed by atoms with Crippen molar-refractivity contribution >= 4 is 11.6 Å². The number of hydrogen-bond donors (Lipinski definition) is 1. The predicted molar refractivity (Wildman–Crippen MR) is 112 cm³/mol. The third-order valence-electron chi connectivity index (χ3n) is 4.62. The standard InChI is InChI=1S/C22H24N6/c1-3-4-6-13-23-22-24-14-12-18(26-22)21-20(17-10-8-9-16(2)25-17)27-19-11-5-7-15-28(19)21/h5,7-12,14-15H,3-4,6,13H2,1-2H3,(H,23,24,26). The van der Waals surface area contributed by atoms with Gasteiger partial charge in [0.15, 0.2) is 0 Å². The number of anilines is 1. The predicted octanol–water partition coefficient (Wildman–Crippen LogP) is 4.76. The monoisotopic (exact) mass is 372 g/mol. The molecule has 0 aliphatic carbocycles. The van der Waals surface area contributed by atoms with Gasteiger partial charge in [-0.1, -0.05) is 31.9 Å². The molecule has 0 bridgehead atoms. The maximum atomic E-state index is 4.84. The van der Waals surface area contributed by atoms with Gasteiger partial charge in [-0.05, 0) is 43.7 Å². The normalized spacial score (nSPS) is 11.1. The van der Waals surface area contributed by atoms with Crippen LogP contribution >= 0.6 is 0 Å². The van der Waals surface area contributed by atoms with E-state index in [1.165, 1.54) is 12.8 Å². The second-order valence-corrected chi connectivity index (χ2v) is 6.80. The summed E-state index contributed by atoms with van der Waals surface area (Å²) in [4.78, 5) is 18.7. The molecule has 0 amide bonds. The van der Waals surface area contributed by atoms with Crippen molar-refractivity contribution in [1.82, 2.24) is 24.3 Å². The fourth-order valence-corrected chi connectivity index (χ4v) is 3.25. The first-order chi connectivity index (χ1) is 13.8. The minimum absolute atomic E-state index is 0.641. The molecule has 0 fully saturated rings. The Morgan fingerprint density at radius 3 is 2.71 bits per heavy atom. The number of aromatic nitrogens is 5. The zero-order valence-electron chi connectivity index (χ0n) is 16.3. The van der Waals surface area contributed by atoms with Gasteiger partial charge >= 0.3 is 0 Å². The number of hydrogen-bond acceptors (Lipinski definition) is 5. The first-order valence-electron chi connectivity index (χ1n) is 9.74. The number of imidazole rings is 1. The van der Waals surface area contributed by atoms with Crippen molar-refractivity contribution in [3.05, 3.63) is 60.6 Å². The molecule has 142 valence electrons. The van der Waals surface area contributed by atoms with Crippen LogP contribution in [-0.4, -0.2) is 30.9 Å². The molecule has 0 aromatic carbocycles. The molecule has 0 unspecified atom stereocenters. The lowest BCUT2D eigenvalue weighted by atomic mass is 10.1. The van der Waals surface area contributed by atoms with E-state index in [4.69, 9.17) is 9.97 Å². The van der Waals surface area contributed by atoms with Crippen LogP contribution in [0, 0.1) is 6.92 Å². The van der Waals surface area contributed by atoms with E-state index < -0.39 is 0 Å². The van der Waals surface area contributed by atoms with Gasteiger partial charge in [0, 0.05) is 24.6 Å². The molecule has 0 saturated carbocycles. The molecule has 4 aromatic rings. The summed E-state index contributed by atoms with van der Waals surface area (Å²) in [6.07, 6.45) is 7.30. The molecule has 0 radical (unpaired) electrons. The van der Waals surface area contributed by atoms with E-state index in [1.54, 1.807) is 6.20 Å². The zero-order chi connectivity index (χ0) is 19.3. The van der Waals surface area contributed by atoms with Crippen molar-refractivity contribution < 1.29 is 0 Å². The van der Waals surface area contributed by atoms with E-state index in [0.717, 1.165) is 47.1 Å². The lowest BCUT2D eigenvalue weighted by Crippen LogP contribution is -2.06. The molecule has 6 heteroatoms. The molecule has 28 heavy (non-hydrogen) atoms. The number of pyridine rings is 2. The number of rotatable bonds is 7. The Kier molecular flexibility index (Phi) is 5.28. The lowest BCUT2D eigenvalue weighted by molar-refractivity contribution is 0.740. The summed E-state index contributed by atoms with van der Waals surface area (Å²) in [6.45, 7) is 5.06. The van der Waals surface area contributed by atoms with E-state index in [9.17, 15) is 0 Å². The summed E-state index contributed by atoms with van der Waals surface area (Å²) < 4.78 is 2.06. The first kappa shape index (κ1) is 18.1. The second kappa shape index (κ2) is 8.17. The summed E-state index contributed by atoms with van der Waals surface area (Å²) in [5, 5.41) is 3.33. The highest BCUT2D eigenvalue weighted by Gasteiger charge is 2.18.